The van der Waals surface area contributed by atoms with Gasteiger partial charge in [-0.15, -0.1) is 0 Å². The molecule has 0 aliphatic carbocycles. The van der Waals surface area contributed by atoms with E-state index in [0.29, 0.717) is 0 Å². The van der Waals surface area contributed by atoms with E-state index in [4.69, 9.17) is 5.26 Å². The smallest absolute Gasteiger partial charge is 0.133 e. The first-order valence-electron chi connectivity index (χ1n) is 2.26. The van der Waals surface area contributed by atoms with E-state index in [1.54, 1.807) is 0 Å². The van der Waals surface area contributed by atoms with Crippen LogP contribution in [0.15, 0.2) is 15.9 Å². The predicted molar refractivity (Wildman–Crippen MR) is 45.2 cm³/mol. The molecule has 3 nitrogen and oxygen atoms in total. The Hall–Kier alpha value is -0.570. The van der Waals surface area contributed by atoms with Crippen LogP contribution in [0.5, 0.6) is 0 Å². The monoisotopic (exact) mass is 235 g/mol. The van der Waals surface area contributed by atoms with E-state index in [1.807, 2.05) is 28.9 Å². The second-order valence-corrected chi connectivity index (χ2v) is 1.79. The first-order chi connectivity index (χ1) is 4.35. The van der Waals surface area contributed by atoms with Gasteiger partial charge in [-0.2, -0.15) is 5.26 Å². The lowest BCUT2D eigenvalue weighted by atomic mass is 10.3. The van der Waals surface area contributed by atoms with E-state index in [1.165, 1.54) is 12.4 Å². The predicted octanol–water partition coefficient (Wildman–Crippen LogP) is 1.03. The average molecular weight is 235 g/mol. The van der Waals surface area contributed by atoms with E-state index in [-0.39, 0.29) is 6.04 Å². The van der Waals surface area contributed by atoms with Gasteiger partial charge in [0.15, 0.2) is 0 Å². The highest BCUT2D eigenvalue weighted by Gasteiger charge is 1.93. The van der Waals surface area contributed by atoms with Crippen molar-refractivity contribution in [2.24, 2.45) is 3.21 Å². The van der Waals surface area contributed by atoms with Crippen LogP contribution in [0.4, 0.5) is 0 Å². The molecule has 0 amide bonds. The molecular formula is C5H6IN3. The Morgan fingerprint density at radius 2 is 2.56 bits per heavy atom. The Morgan fingerprint density at radius 1 is 1.89 bits per heavy atom. The number of nitrogens with one attached hydrogen (secondary N) is 1. The number of hydrogen-bond donors (Lipinski definition) is 1. The molecule has 9 heavy (non-hydrogen) atoms. The van der Waals surface area contributed by atoms with Crippen LogP contribution in [0, 0.1) is 11.3 Å². The fourth-order valence-corrected chi connectivity index (χ4v) is 0.427. The second kappa shape index (κ2) is 5.56. The Bertz CT molecular complexity index is 147. The maximum absolute atomic E-state index is 8.30. The molecule has 0 saturated heterocycles. The summed E-state index contributed by atoms with van der Waals surface area (Å²) in [7, 11) is 0. The van der Waals surface area contributed by atoms with Crippen molar-refractivity contribution >= 4 is 29.2 Å². The number of hydrogen-bond acceptors (Lipinski definition) is 2. The van der Waals surface area contributed by atoms with Gasteiger partial charge in [0.2, 0.25) is 0 Å². The molecule has 1 unspecified atom stereocenters. The number of nitriles is 1. The summed E-state index contributed by atoms with van der Waals surface area (Å²) in [5.41, 5.74) is 0. The van der Waals surface area contributed by atoms with Crippen LogP contribution in [0.25, 0.3) is 0 Å². The van der Waals surface area contributed by atoms with E-state index in [2.05, 4.69) is 15.1 Å². The van der Waals surface area contributed by atoms with Crippen LogP contribution in [0.3, 0.4) is 0 Å². The molecule has 0 bridgehead atoms. The van der Waals surface area contributed by atoms with Gasteiger partial charge in [0.05, 0.1) is 35.3 Å². The zero-order chi connectivity index (χ0) is 7.11. The third kappa shape index (κ3) is 3.97. The second-order valence-electron chi connectivity index (χ2n) is 1.24. The van der Waals surface area contributed by atoms with Crippen LogP contribution in [-0.4, -0.2) is 12.4 Å². The Morgan fingerprint density at radius 3 is 2.89 bits per heavy atom. The van der Waals surface area contributed by atoms with Crippen LogP contribution >= 0.6 is 22.9 Å². The first-order valence-corrected chi connectivity index (χ1v) is 3.22. The summed E-state index contributed by atoms with van der Waals surface area (Å²) in [4.78, 5) is 0. The van der Waals surface area contributed by atoms with Crippen LogP contribution in [-0.2, 0) is 0 Å². The maximum Gasteiger partial charge on any atom is 0.133 e. The van der Waals surface area contributed by atoms with Crippen molar-refractivity contribution in [1.82, 2.24) is 5.32 Å². The van der Waals surface area contributed by atoms with Gasteiger partial charge in [-0.05, 0) is 0 Å². The molecule has 1 atom stereocenters. The lowest BCUT2D eigenvalue weighted by Crippen LogP contribution is -2.22. The lowest BCUT2D eigenvalue weighted by Gasteiger charge is -1.98. The SMILES string of the molecule is C=CC(C#N)N/C=N\I. The minimum Gasteiger partial charge on any atom is -0.357 e. The van der Waals surface area contributed by atoms with E-state index in [9.17, 15) is 0 Å². The summed E-state index contributed by atoms with van der Waals surface area (Å²) in [6.07, 6.45) is 2.97. The standard InChI is InChI=1S/C5H6IN3/c1-2-5(3-7)8-4-9-6/h2,4-5H,1H2,(H,8,9). The van der Waals surface area contributed by atoms with Crippen molar-refractivity contribution in [3.05, 3.63) is 12.7 Å². The van der Waals surface area contributed by atoms with Crippen molar-refractivity contribution < 1.29 is 0 Å². The normalized spacial score (nSPS) is 12.4. The molecule has 0 saturated carbocycles. The maximum atomic E-state index is 8.30. The third-order valence-corrected chi connectivity index (χ3v) is 0.956. The van der Waals surface area contributed by atoms with Crippen molar-refractivity contribution in [3.63, 3.8) is 0 Å². The van der Waals surface area contributed by atoms with Gasteiger partial charge in [0, 0.05) is 0 Å². The molecule has 48 valence electrons. The molecule has 0 rings (SSSR count). The van der Waals surface area contributed by atoms with Crippen molar-refractivity contribution in [3.8, 4) is 6.07 Å². The third-order valence-electron chi connectivity index (χ3n) is 0.678. The van der Waals surface area contributed by atoms with Crippen LogP contribution < -0.4 is 5.32 Å². The molecular weight excluding hydrogens is 229 g/mol. The van der Waals surface area contributed by atoms with Gasteiger partial charge in [0.25, 0.3) is 0 Å². The Balaban J connectivity index is 3.59. The molecule has 4 heteroatoms. The molecule has 0 aromatic carbocycles. The Kier molecular flexibility index (Phi) is 5.21. The zero-order valence-electron chi connectivity index (χ0n) is 4.71. The topological polar surface area (TPSA) is 48.2 Å². The molecule has 0 heterocycles. The molecule has 0 aromatic heterocycles. The highest BCUT2D eigenvalue weighted by Crippen LogP contribution is 1.80. The van der Waals surface area contributed by atoms with E-state index in [0.717, 1.165) is 0 Å². The van der Waals surface area contributed by atoms with Crippen molar-refractivity contribution in [2.75, 3.05) is 0 Å². The molecule has 0 aliphatic rings. The fraction of sp³-hybridized carbons (Fsp3) is 0.200. The number of nitrogens with zero attached hydrogens (tertiary/aromatic N) is 2. The zero-order valence-corrected chi connectivity index (χ0v) is 6.87. The van der Waals surface area contributed by atoms with Gasteiger partial charge >= 0.3 is 0 Å². The molecule has 0 aromatic rings. The van der Waals surface area contributed by atoms with Crippen LogP contribution in [0.2, 0.25) is 0 Å². The van der Waals surface area contributed by atoms with Crippen LogP contribution in [0.1, 0.15) is 0 Å². The molecule has 0 aliphatic heterocycles. The molecule has 1 N–H and O–H groups in total. The number of rotatable bonds is 3. The van der Waals surface area contributed by atoms with Gasteiger partial charge < -0.3 is 5.32 Å². The summed E-state index contributed by atoms with van der Waals surface area (Å²) in [5, 5.41) is 11.0. The van der Waals surface area contributed by atoms with Gasteiger partial charge in [-0.3, -0.25) is 0 Å². The quantitative estimate of drug-likeness (QED) is 0.343. The van der Waals surface area contributed by atoms with Crippen molar-refractivity contribution in [2.45, 2.75) is 6.04 Å². The summed E-state index contributed by atoms with van der Waals surface area (Å²) in [6.45, 7) is 3.44. The Labute approximate surface area is 68.0 Å². The van der Waals surface area contributed by atoms with Gasteiger partial charge in [0.1, 0.15) is 6.04 Å². The summed E-state index contributed by atoms with van der Waals surface area (Å²) in [6, 6.07) is 1.63. The summed E-state index contributed by atoms with van der Waals surface area (Å²) < 4.78 is 3.61. The molecule has 0 spiro atoms. The minimum atomic E-state index is -0.330. The lowest BCUT2D eigenvalue weighted by molar-refractivity contribution is 0.916. The first kappa shape index (κ1) is 8.43. The van der Waals surface area contributed by atoms with E-state index < -0.39 is 0 Å². The highest BCUT2D eigenvalue weighted by atomic mass is 127. The van der Waals surface area contributed by atoms with E-state index >= 15 is 0 Å². The minimum absolute atomic E-state index is 0.330. The molecule has 0 fully saturated rings. The largest absolute Gasteiger partial charge is 0.357 e. The summed E-state index contributed by atoms with van der Waals surface area (Å²) >= 11 is 1.82. The van der Waals surface area contributed by atoms with Crippen molar-refractivity contribution in [1.29, 1.82) is 5.26 Å². The highest BCUT2D eigenvalue weighted by molar-refractivity contribution is 14.1. The van der Waals surface area contributed by atoms with Gasteiger partial charge in [-0.25, -0.2) is 3.21 Å². The average Bonchev–Trinajstić information content (AvgIpc) is 1.91. The van der Waals surface area contributed by atoms with Gasteiger partial charge in [-0.1, -0.05) is 12.7 Å². The number of halogens is 1. The summed E-state index contributed by atoms with van der Waals surface area (Å²) in [5.74, 6) is 0. The fourth-order valence-electron chi connectivity index (χ4n) is 0.266. The molecule has 0 radical (unpaired) electrons.